The van der Waals surface area contributed by atoms with Gasteiger partial charge in [-0.1, -0.05) is 6.58 Å². The molecule has 0 spiro atoms. The molecule has 0 aromatic carbocycles. The summed E-state index contributed by atoms with van der Waals surface area (Å²) < 4.78 is 37.7. The molecule has 0 radical (unpaired) electrons. The van der Waals surface area contributed by atoms with Crippen LogP contribution in [0.2, 0.25) is 0 Å². The third-order valence-corrected chi connectivity index (χ3v) is 2.50. The van der Waals surface area contributed by atoms with Gasteiger partial charge < -0.3 is 9.29 Å². The molecule has 1 unspecified atom stereocenters. The summed E-state index contributed by atoms with van der Waals surface area (Å²) in [6.07, 6.45) is -0.144. The second-order valence-electron chi connectivity index (χ2n) is 4.72. The minimum atomic E-state index is -4.42. The number of hydrogen-bond donors (Lipinski definition) is 0. The van der Waals surface area contributed by atoms with Gasteiger partial charge in [0.25, 0.3) is 0 Å². The monoisotopic (exact) mass is 297 g/mol. The average molecular weight is 297 g/mol. The minimum absolute atomic E-state index is 0.0914. The Hall–Kier alpha value is -0.960. The van der Waals surface area contributed by atoms with Gasteiger partial charge in [-0.15, -0.1) is 0 Å². The van der Waals surface area contributed by atoms with Crippen molar-refractivity contribution in [3.63, 3.8) is 0 Å². The Labute approximate surface area is 115 Å². The van der Waals surface area contributed by atoms with Gasteiger partial charge in [-0.3, -0.25) is 8.67 Å². The fraction of sp³-hybridized carbons (Fsp3) is 0.727. The van der Waals surface area contributed by atoms with Crippen LogP contribution in [0.5, 0.6) is 0 Å². The Morgan fingerprint density at radius 2 is 1.79 bits per heavy atom. The summed E-state index contributed by atoms with van der Waals surface area (Å²) >= 11 is 0. The first-order valence-corrected chi connectivity index (χ1v) is 6.92. The number of hydrogen-bond acceptors (Lipinski definition) is 6. The number of rotatable bonds is 5. The maximum absolute atomic E-state index is 11.1. The summed E-state index contributed by atoms with van der Waals surface area (Å²) in [5.41, 5.74) is 0.440. The highest BCUT2D eigenvalue weighted by Gasteiger charge is 2.22. The van der Waals surface area contributed by atoms with E-state index >= 15 is 0 Å². The van der Waals surface area contributed by atoms with Crippen LogP contribution in [0.3, 0.4) is 0 Å². The molecule has 7 nitrogen and oxygen atoms in total. The highest BCUT2D eigenvalue weighted by molar-refractivity contribution is 7.80. The predicted molar refractivity (Wildman–Crippen MR) is 69.7 cm³/mol. The second kappa shape index (κ2) is 8.26. The number of nitrogens with zero attached hydrogens (tertiary/aromatic N) is 1. The highest BCUT2D eigenvalue weighted by Crippen LogP contribution is 2.06. The molecule has 114 valence electrons. The molecule has 0 fully saturated rings. The number of esters is 1. The van der Waals surface area contributed by atoms with Gasteiger partial charge in [-0.05, 0) is 13.8 Å². The van der Waals surface area contributed by atoms with Crippen LogP contribution in [-0.2, 0) is 24.1 Å². The molecule has 0 N–H and O–H groups in total. The van der Waals surface area contributed by atoms with E-state index < -0.39 is 10.4 Å². The number of carbonyl (C=O) groups excluding carboxylic acids is 1. The maximum atomic E-state index is 11.1. The van der Waals surface area contributed by atoms with Crippen molar-refractivity contribution in [2.75, 3.05) is 27.7 Å². The molecule has 8 heteroatoms. The Morgan fingerprint density at radius 3 is 1.95 bits per heavy atom. The van der Waals surface area contributed by atoms with Crippen molar-refractivity contribution >= 4 is 16.4 Å². The summed E-state index contributed by atoms with van der Waals surface area (Å²) in [5, 5.41) is 0. The second-order valence-corrected chi connectivity index (χ2v) is 5.77. The van der Waals surface area contributed by atoms with Gasteiger partial charge >= 0.3 is 5.97 Å². The normalized spacial score (nSPS) is 13.0. The van der Waals surface area contributed by atoms with Gasteiger partial charge in [0, 0.05) is 12.5 Å². The molecule has 0 aliphatic heterocycles. The third-order valence-electron chi connectivity index (χ3n) is 1.98. The molecule has 0 rings (SSSR count). The zero-order valence-corrected chi connectivity index (χ0v) is 13.1. The quantitative estimate of drug-likeness (QED) is 0.185. The SMILES string of the molecule is C=C(C)C(=O)OC(C)[N+](C)(C)C.CCOS(=O)(=O)[O-]. The first-order valence-electron chi connectivity index (χ1n) is 5.59. The van der Waals surface area contributed by atoms with E-state index in [1.54, 1.807) is 6.92 Å². The molecule has 19 heavy (non-hydrogen) atoms. The Morgan fingerprint density at radius 1 is 1.37 bits per heavy atom. The van der Waals surface area contributed by atoms with Crippen molar-refractivity contribution in [2.24, 2.45) is 0 Å². The molecule has 0 saturated heterocycles. The van der Waals surface area contributed by atoms with Crippen LogP contribution < -0.4 is 0 Å². The summed E-state index contributed by atoms with van der Waals surface area (Å²) in [5.74, 6) is -0.324. The molecule has 0 aromatic heterocycles. The van der Waals surface area contributed by atoms with Crippen molar-refractivity contribution in [3.05, 3.63) is 12.2 Å². The summed E-state index contributed by atoms with van der Waals surface area (Å²) in [4.78, 5) is 11.1. The van der Waals surface area contributed by atoms with E-state index in [2.05, 4.69) is 10.8 Å². The lowest BCUT2D eigenvalue weighted by Crippen LogP contribution is -2.45. The van der Waals surface area contributed by atoms with E-state index in [9.17, 15) is 17.8 Å². The number of ether oxygens (including phenoxy) is 1. The van der Waals surface area contributed by atoms with E-state index in [-0.39, 0.29) is 18.8 Å². The minimum Gasteiger partial charge on any atom is -0.726 e. The lowest BCUT2D eigenvalue weighted by Gasteiger charge is -2.30. The van der Waals surface area contributed by atoms with Gasteiger partial charge in [0.1, 0.15) is 0 Å². The lowest BCUT2D eigenvalue weighted by molar-refractivity contribution is -0.914. The standard InChI is InChI=1S/C9H18NO2.C2H6O4S/c1-7(2)9(11)12-8(3)10(4,5)6;1-2-6-7(3,4)5/h8H,1H2,2-6H3;2H2,1H3,(H,3,4,5)/q+1;/p-1. The molecule has 0 aliphatic carbocycles. The summed E-state index contributed by atoms with van der Waals surface area (Å²) in [7, 11) is 1.48. The van der Waals surface area contributed by atoms with Gasteiger partial charge in [-0.25, -0.2) is 13.2 Å². The fourth-order valence-electron chi connectivity index (χ4n) is 0.558. The lowest BCUT2D eigenvalue weighted by atomic mass is 10.3. The van der Waals surface area contributed by atoms with E-state index in [0.717, 1.165) is 0 Å². The molecule has 1 atom stereocenters. The van der Waals surface area contributed by atoms with Crippen molar-refractivity contribution in [2.45, 2.75) is 27.0 Å². The third kappa shape index (κ3) is 13.3. The van der Waals surface area contributed by atoms with Crippen molar-refractivity contribution < 1.29 is 31.2 Å². The molecule has 0 aromatic rings. The van der Waals surface area contributed by atoms with Crippen LogP contribution in [0.4, 0.5) is 0 Å². The first-order chi connectivity index (χ1) is 8.31. The Balaban J connectivity index is 0. The molecule has 0 amide bonds. The Bertz CT molecular complexity index is 396. The van der Waals surface area contributed by atoms with Crippen LogP contribution in [-0.4, -0.2) is 57.4 Å². The van der Waals surface area contributed by atoms with Crippen LogP contribution >= 0.6 is 0 Å². The van der Waals surface area contributed by atoms with E-state index in [4.69, 9.17) is 4.74 Å². The first kappa shape index (κ1) is 20.4. The topological polar surface area (TPSA) is 92.7 Å². The van der Waals surface area contributed by atoms with Crippen molar-refractivity contribution in [1.29, 1.82) is 0 Å². The molecular formula is C11H23NO6S. The van der Waals surface area contributed by atoms with Gasteiger partial charge in [0.15, 0.2) is 0 Å². The van der Waals surface area contributed by atoms with E-state index in [0.29, 0.717) is 10.1 Å². The highest BCUT2D eigenvalue weighted by atomic mass is 32.3. The molecule has 0 heterocycles. The maximum Gasteiger partial charge on any atom is 0.337 e. The Kier molecular flexibility index (Phi) is 8.85. The van der Waals surface area contributed by atoms with Crippen molar-refractivity contribution in [3.8, 4) is 0 Å². The number of carbonyl (C=O) groups is 1. The zero-order valence-electron chi connectivity index (χ0n) is 12.3. The molecular weight excluding hydrogens is 274 g/mol. The van der Waals surface area contributed by atoms with Crippen molar-refractivity contribution in [1.82, 2.24) is 0 Å². The average Bonchev–Trinajstić information content (AvgIpc) is 2.14. The van der Waals surface area contributed by atoms with Crippen LogP contribution in [0.1, 0.15) is 20.8 Å². The van der Waals surface area contributed by atoms with Gasteiger partial charge in [0.2, 0.25) is 16.6 Å². The molecule has 0 saturated carbocycles. The van der Waals surface area contributed by atoms with Gasteiger partial charge in [0.05, 0.1) is 27.7 Å². The molecule has 0 bridgehead atoms. The zero-order chi connectivity index (χ0) is 15.9. The van der Waals surface area contributed by atoms with Gasteiger partial charge in [-0.2, -0.15) is 0 Å². The predicted octanol–water partition coefficient (Wildman–Crippen LogP) is 0.641. The van der Waals surface area contributed by atoms with E-state index in [1.165, 1.54) is 6.92 Å². The van der Waals surface area contributed by atoms with E-state index in [1.807, 2.05) is 28.1 Å². The smallest absolute Gasteiger partial charge is 0.337 e. The summed E-state index contributed by atoms with van der Waals surface area (Å²) in [6, 6.07) is 0. The van der Waals surface area contributed by atoms with Crippen LogP contribution in [0.25, 0.3) is 0 Å². The molecule has 0 aliphatic rings. The fourth-order valence-corrected chi connectivity index (χ4v) is 0.847. The summed E-state index contributed by atoms with van der Waals surface area (Å²) in [6.45, 7) is 8.35. The largest absolute Gasteiger partial charge is 0.726 e. The van der Waals surface area contributed by atoms with Crippen LogP contribution in [0.15, 0.2) is 12.2 Å². The van der Waals surface area contributed by atoms with Crippen LogP contribution in [0, 0.1) is 0 Å². The number of quaternary nitrogens is 1.